The molecule has 0 saturated heterocycles. The van der Waals surface area contributed by atoms with Crippen molar-refractivity contribution in [2.24, 2.45) is 0 Å². The lowest BCUT2D eigenvalue weighted by molar-refractivity contribution is -0.137. The fourth-order valence-corrected chi connectivity index (χ4v) is 2.83. The molecule has 2 aromatic heterocycles. The zero-order valence-electron chi connectivity index (χ0n) is 14.4. The van der Waals surface area contributed by atoms with Crippen molar-refractivity contribution in [1.82, 2.24) is 19.7 Å². The second-order valence-corrected chi connectivity index (χ2v) is 6.44. The van der Waals surface area contributed by atoms with Crippen LogP contribution in [0.25, 0.3) is 16.7 Å². The summed E-state index contributed by atoms with van der Waals surface area (Å²) in [5.74, 6) is 0.120. The lowest BCUT2D eigenvalue weighted by Crippen LogP contribution is -2.04. The number of hydrogen-bond acceptors (Lipinski definition) is 4. The number of nitrogens with zero attached hydrogens (tertiary/aromatic N) is 4. The molecule has 0 fully saturated rings. The third-order valence-corrected chi connectivity index (χ3v) is 4.51. The summed E-state index contributed by atoms with van der Waals surface area (Å²) >= 11 is 6.18. The SMILES string of the molecule is Cc1ccc(-n2ncc3c(Oc4cccc(C(F)(F)F)c4)ncnc32)cc1Cl. The summed E-state index contributed by atoms with van der Waals surface area (Å²) in [7, 11) is 0. The standard InChI is InChI=1S/C19H12ClF3N4O/c1-11-5-6-13(8-16(11)20)27-17-15(9-26-27)18(25-10-24-17)28-14-4-2-3-12(7-14)19(21,22)23/h2-10H,1H3. The topological polar surface area (TPSA) is 52.8 Å². The molecule has 2 heterocycles. The highest BCUT2D eigenvalue weighted by molar-refractivity contribution is 6.31. The van der Waals surface area contributed by atoms with Gasteiger partial charge in [0.1, 0.15) is 17.5 Å². The lowest BCUT2D eigenvalue weighted by atomic mass is 10.2. The van der Waals surface area contributed by atoms with Crippen LogP contribution in [0.1, 0.15) is 11.1 Å². The summed E-state index contributed by atoms with van der Waals surface area (Å²) in [6.45, 7) is 1.89. The lowest BCUT2D eigenvalue weighted by Gasteiger charge is -2.10. The van der Waals surface area contributed by atoms with Crippen molar-refractivity contribution in [3.8, 4) is 17.3 Å². The van der Waals surface area contributed by atoms with E-state index in [0.717, 1.165) is 17.7 Å². The van der Waals surface area contributed by atoms with Crippen molar-refractivity contribution in [3.05, 3.63) is 71.1 Å². The van der Waals surface area contributed by atoms with Crippen molar-refractivity contribution < 1.29 is 17.9 Å². The van der Waals surface area contributed by atoms with E-state index in [0.29, 0.717) is 21.7 Å². The summed E-state index contributed by atoms with van der Waals surface area (Å²) in [6.07, 6.45) is -1.71. The largest absolute Gasteiger partial charge is 0.438 e. The van der Waals surface area contributed by atoms with Gasteiger partial charge in [-0.25, -0.2) is 14.6 Å². The minimum atomic E-state index is -4.46. The van der Waals surface area contributed by atoms with E-state index >= 15 is 0 Å². The average molecular weight is 405 g/mol. The number of ether oxygens (including phenoxy) is 1. The third-order valence-electron chi connectivity index (χ3n) is 4.11. The highest BCUT2D eigenvalue weighted by Gasteiger charge is 2.30. The molecule has 4 aromatic rings. The molecule has 0 N–H and O–H groups in total. The van der Waals surface area contributed by atoms with Crippen molar-refractivity contribution in [1.29, 1.82) is 0 Å². The molecular formula is C19H12ClF3N4O. The monoisotopic (exact) mass is 404 g/mol. The maximum Gasteiger partial charge on any atom is 0.416 e. The fraction of sp³-hybridized carbons (Fsp3) is 0.105. The van der Waals surface area contributed by atoms with Crippen LogP contribution in [0, 0.1) is 6.92 Å². The Balaban J connectivity index is 1.74. The number of aromatic nitrogens is 4. The van der Waals surface area contributed by atoms with Crippen molar-refractivity contribution in [3.63, 3.8) is 0 Å². The predicted molar refractivity (Wildman–Crippen MR) is 97.9 cm³/mol. The minimum Gasteiger partial charge on any atom is -0.438 e. The van der Waals surface area contributed by atoms with Gasteiger partial charge in [0.05, 0.1) is 17.4 Å². The van der Waals surface area contributed by atoms with Gasteiger partial charge in [-0.15, -0.1) is 0 Å². The van der Waals surface area contributed by atoms with E-state index in [1.54, 1.807) is 10.7 Å². The Kier molecular flexibility index (Phi) is 4.43. The van der Waals surface area contributed by atoms with Gasteiger partial charge in [0.25, 0.3) is 0 Å². The molecule has 0 atom stereocenters. The molecule has 9 heteroatoms. The molecule has 0 aliphatic heterocycles. The van der Waals surface area contributed by atoms with Gasteiger partial charge in [0.15, 0.2) is 5.65 Å². The number of halogens is 4. The van der Waals surface area contributed by atoms with Gasteiger partial charge in [-0.05, 0) is 42.8 Å². The maximum atomic E-state index is 12.9. The summed E-state index contributed by atoms with van der Waals surface area (Å²) in [6, 6.07) is 10.0. The first-order valence-corrected chi connectivity index (χ1v) is 8.51. The van der Waals surface area contributed by atoms with Crippen LogP contribution in [0.2, 0.25) is 5.02 Å². The molecule has 0 amide bonds. The molecule has 142 valence electrons. The highest BCUT2D eigenvalue weighted by Crippen LogP contribution is 2.34. The van der Waals surface area contributed by atoms with Crippen LogP contribution >= 0.6 is 11.6 Å². The van der Waals surface area contributed by atoms with Crippen LogP contribution in [0.15, 0.2) is 55.0 Å². The van der Waals surface area contributed by atoms with E-state index in [2.05, 4.69) is 15.1 Å². The Morgan fingerprint density at radius 3 is 2.64 bits per heavy atom. The molecule has 5 nitrogen and oxygen atoms in total. The summed E-state index contributed by atoms with van der Waals surface area (Å²) < 4.78 is 45.9. The summed E-state index contributed by atoms with van der Waals surface area (Å²) in [5.41, 5.74) is 1.25. The quantitative estimate of drug-likeness (QED) is 0.446. The molecule has 2 aromatic carbocycles. The zero-order chi connectivity index (χ0) is 19.9. The van der Waals surface area contributed by atoms with Gasteiger partial charge in [0, 0.05) is 5.02 Å². The van der Waals surface area contributed by atoms with Crippen LogP contribution < -0.4 is 4.74 Å². The number of hydrogen-bond donors (Lipinski definition) is 0. The van der Waals surface area contributed by atoms with Crippen LogP contribution in [0.5, 0.6) is 11.6 Å². The average Bonchev–Trinajstić information content (AvgIpc) is 3.09. The zero-order valence-corrected chi connectivity index (χ0v) is 15.2. The van der Waals surface area contributed by atoms with Gasteiger partial charge >= 0.3 is 6.18 Å². The van der Waals surface area contributed by atoms with Crippen molar-refractivity contribution >= 4 is 22.6 Å². The van der Waals surface area contributed by atoms with Crippen LogP contribution in [-0.4, -0.2) is 19.7 Å². The van der Waals surface area contributed by atoms with E-state index in [-0.39, 0.29) is 11.6 Å². The Hall–Kier alpha value is -3.13. The first kappa shape index (κ1) is 18.2. The third kappa shape index (κ3) is 3.38. The smallest absolute Gasteiger partial charge is 0.416 e. The van der Waals surface area contributed by atoms with E-state index in [1.807, 2.05) is 19.1 Å². The number of benzene rings is 2. The van der Waals surface area contributed by atoms with Crippen molar-refractivity contribution in [2.75, 3.05) is 0 Å². The Labute approximate surface area is 162 Å². The molecule has 0 spiro atoms. The fourth-order valence-electron chi connectivity index (χ4n) is 2.65. The molecule has 0 bridgehead atoms. The second-order valence-electron chi connectivity index (χ2n) is 6.03. The Bertz CT molecular complexity index is 1170. The predicted octanol–water partition coefficient (Wildman–Crippen LogP) is 5.59. The Morgan fingerprint density at radius 2 is 1.89 bits per heavy atom. The van der Waals surface area contributed by atoms with E-state index in [1.165, 1.54) is 24.7 Å². The van der Waals surface area contributed by atoms with E-state index < -0.39 is 11.7 Å². The van der Waals surface area contributed by atoms with E-state index in [4.69, 9.17) is 16.3 Å². The molecule has 0 aliphatic rings. The first-order chi connectivity index (χ1) is 13.3. The molecule has 0 saturated carbocycles. The molecule has 0 aliphatic carbocycles. The molecule has 0 unspecified atom stereocenters. The number of rotatable bonds is 3. The van der Waals surface area contributed by atoms with Crippen LogP contribution in [-0.2, 0) is 6.18 Å². The van der Waals surface area contributed by atoms with Gasteiger partial charge in [0.2, 0.25) is 5.88 Å². The molecule has 28 heavy (non-hydrogen) atoms. The van der Waals surface area contributed by atoms with Crippen molar-refractivity contribution in [2.45, 2.75) is 13.1 Å². The van der Waals surface area contributed by atoms with E-state index in [9.17, 15) is 13.2 Å². The Morgan fingerprint density at radius 1 is 1.07 bits per heavy atom. The molecule has 0 radical (unpaired) electrons. The highest BCUT2D eigenvalue weighted by atomic mass is 35.5. The van der Waals surface area contributed by atoms with Gasteiger partial charge < -0.3 is 4.74 Å². The number of fused-ring (bicyclic) bond motifs is 1. The van der Waals surface area contributed by atoms with Gasteiger partial charge in [-0.1, -0.05) is 23.7 Å². The molecular weight excluding hydrogens is 393 g/mol. The normalized spacial score (nSPS) is 11.8. The van der Waals surface area contributed by atoms with Gasteiger partial charge in [-0.2, -0.15) is 18.3 Å². The van der Waals surface area contributed by atoms with Crippen LogP contribution in [0.4, 0.5) is 13.2 Å². The molecule has 4 rings (SSSR count). The van der Waals surface area contributed by atoms with Gasteiger partial charge in [-0.3, -0.25) is 0 Å². The second kappa shape index (κ2) is 6.79. The summed E-state index contributed by atoms with van der Waals surface area (Å²) in [5, 5.41) is 5.33. The minimum absolute atomic E-state index is 0.0148. The first-order valence-electron chi connectivity index (χ1n) is 8.13. The van der Waals surface area contributed by atoms with Crippen LogP contribution in [0.3, 0.4) is 0 Å². The number of alkyl halides is 3. The number of aryl methyl sites for hydroxylation is 1. The summed E-state index contributed by atoms with van der Waals surface area (Å²) in [4.78, 5) is 8.25. The maximum absolute atomic E-state index is 12.9.